The zero-order chi connectivity index (χ0) is 17.4. The largest absolute Gasteiger partial charge is 0.326 e. The van der Waals surface area contributed by atoms with E-state index in [-0.39, 0.29) is 18.0 Å². The van der Waals surface area contributed by atoms with E-state index >= 15 is 0 Å². The highest BCUT2D eigenvalue weighted by Crippen LogP contribution is 2.34. The topological polar surface area (TPSA) is 55.9 Å². The van der Waals surface area contributed by atoms with Gasteiger partial charge in [0.15, 0.2) is 0 Å². The first-order valence-corrected chi connectivity index (χ1v) is 9.94. The highest BCUT2D eigenvalue weighted by molar-refractivity contribution is 7.99. The van der Waals surface area contributed by atoms with Gasteiger partial charge < -0.3 is 10.2 Å². The summed E-state index contributed by atoms with van der Waals surface area (Å²) in [5, 5.41) is 2.96. The van der Waals surface area contributed by atoms with Crippen molar-refractivity contribution in [2.45, 2.75) is 18.0 Å². The van der Waals surface area contributed by atoms with E-state index in [2.05, 4.69) is 34.3 Å². The number of rotatable bonds is 3. The van der Waals surface area contributed by atoms with E-state index in [0.29, 0.717) is 12.4 Å². The Balaban J connectivity index is 1.54. The van der Waals surface area contributed by atoms with Crippen molar-refractivity contribution in [1.29, 1.82) is 0 Å². The fourth-order valence-electron chi connectivity index (χ4n) is 3.94. The third-order valence-electron chi connectivity index (χ3n) is 5.47. The molecule has 0 saturated carbocycles. The van der Waals surface area contributed by atoms with Crippen molar-refractivity contribution in [1.82, 2.24) is 20.0 Å². The molecule has 3 saturated heterocycles. The molecule has 0 bridgehead atoms. The maximum atomic E-state index is 12.9. The van der Waals surface area contributed by atoms with E-state index in [4.69, 9.17) is 0 Å². The molecule has 1 aromatic rings. The molecule has 1 spiro atoms. The van der Waals surface area contributed by atoms with Crippen molar-refractivity contribution >= 4 is 23.7 Å². The highest BCUT2D eigenvalue weighted by Gasteiger charge is 2.53. The van der Waals surface area contributed by atoms with Gasteiger partial charge in [-0.2, -0.15) is 11.8 Å². The van der Waals surface area contributed by atoms with Gasteiger partial charge in [-0.15, -0.1) is 0 Å². The summed E-state index contributed by atoms with van der Waals surface area (Å²) in [6.07, 6.45) is 0.740. The number of imide groups is 1. The molecule has 134 valence electrons. The minimum Gasteiger partial charge on any atom is -0.322 e. The number of thioether (sulfide) groups is 1. The summed E-state index contributed by atoms with van der Waals surface area (Å²) in [6.45, 7) is 3.04. The second-order valence-corrected chi connectivity index (χ2v) is 8.30. The molecule has 6 nitrogen and oxygen atoms in total. The summed E-state index contributed by atoms with van der Waals surface area (Å²) in [5.74, 6) is 1.58. The molecule has 1 N–H and O–H groups in total. The third kappa shape index (κ3) is 3.05. The average Bonchev–Trinajstić information content (AvgIpc) is 3.18. The summed E-state index contributed by atoms with van der Waals surface area (Å²) in [6, 6.07) is 10.3. The van der Waals surface area contributed by atoms with Crippen LogP contribution in [0, 0.1) is 0 Å². The molecule has 2 atom stereocenters. The first-order chi connectivity index (χ1) is 12.1. The average molecular weight is 360 g/mol. The molecule has 7 heteroatoms. The molecule has 3 aliphatic rings. The molecular weight excluding hydrogens is 336 g/mol. The summed E-state index contributed by atoms with van der Waals surface area (Å²) in [4.78, 5) is 31.4. The molecule has 0 aliphatic carbocycles. The number of nitrogens with zero attached hydrogens (tertiary/aromatic N) is 3. The Morgan fingerprint density at radius 2 is 2.04 bits per heavy atom. The summed E-state index contributed by atoms with van der Waals surface area (Å²) in [7, 11) is 2.12. The molecule has 1 aromatic carbocycles. The number of carbonyl (C=O) groups excluding carboxylic acids is 2. The van der Waals surface area contributed by atoms with Gasteiger partial charge in [-0.25, -0.2) is 9.69 Å². The molecule has 4 rings (SSSR count). The van der Waals surface area contributed by atoms with Gasteiger partial charge >= 0.3 is 6.03 Å². The van der Waals surface area contributed by atoms with Gasteiger partial charge in [0.05, 0.1) is 6.67 Å². The predicted octanol–water partition coefficient (Wildman–Crippen LogP) is 1.36. The number of likely N-dealkylation sites (N-methyl/N-ethyl adjacent to an activating group) is 1. The lowest BCUT2D eigenvalue weighted by Crippen LogP contribution is -2.52. The van der Waals surface area contributed by atoms with E-state index < -0.39 is 5.54 Å². The van der Waals surface area contributed by atoms with E-state index in [1.165, 1.54) is 10.5 Å². The molecule has 3 amide bonds. The van der Waals surface area contributed by atoms with Crippen molar-refractivity contribution in [3.63, 3.8) is 0 Å². The van der Waals surface area contributed by atoms with Gasteiger partial charge in [-0.1, -0.05) is 30.3 Å². The van der Waals surface area contributed by atoms with Crippen LogP contribution >= 0.6 is 11.8 Å². The molecule has 0 aromatic heterocycles. The lowest BCUT2D eigenvalue weighted by atomic mass is 9.99. The van der Waals surface area contributed by atoms with Crippen LogP contribution in [0.2, 0.25) is 0 Å². The monoisotopic (exact) mass is 360 g/mol. The lowest BCUT2D eigenvalue weighted by molar-refractivity contribution is -0.132. The van der Waals surface area contributed by atoms with Crippen LogP contribution in [0.3, 0.4) is 0 Å². The van der Waals surface area contributed by atoms with Crippen LogP contribution in [-0.2, 0) is 4.79 Å². The SMILES string of the molecule is CN1CCN(CN2C(=O)NC3(CCSC3)C2=O)C(c2ccccc2)C1. The van der Waals surface area contributed by atoms with Crippen LogP contribution in [0.1, 0.15) is 18.0 Å². The van der Waals surface area contributed by atoms with Crippen LogP contribution in [-0.4, -0.2) is 77.0 Å². The Hall–Kier alpha value is -1.57. The number of amides is 3. The normalized spacial score (nSPS) is 31.1. The quantitative estimate of drug-likeness (QED) is 0.825. The number of hydrogen-bond acceptors (Lipinski definition) is 5. The van der Waals surface area contributed by atoms with Crippen LogP contribution < -0.4 is 5.32 Å². The van der Waals surface area contributed by atoms with Gasteiger partial charge in [-0.05, 0) is 24.8 Å². The molecule has 25 heavy (non-hydrogen) atoms. The fourth-order valence-corrected chi connectivity index (χ4v) is 5.26. The van der Waals surface area contributed by atoms with Gasteiger partial charge in [0.25, 0.3) is 5.91 Å². The van der Waals surface area contributed by atoms with Crippen molar-refractivity contribution in [3.8, 4) is 0 Å². The number of carbonyl (C=O) groups is 2. The maximum Gasteiger partial charge on any atom is 0.326 e. The summed E-state index contributed by atoms with van der Waals surface area (Å²) < 4.78 is 0. The second-order valence-electron chi connectivity index (χ2n) is 7.19. The molecule has 3 fully saturated rings. The summed E-state index contributed by atoms with van der Waals surface area (Å²) >= 11 is 1.74. The van der Waals surface area contributed by atoms with Crippen LogP contribution in [0.15, 0.2) is 30.3 Å². The Labute approximate surface area is 152 Å². The van der Waals surface area contributed by atoms with E-state index in [0.717, 1.165) is 31.8 Å². The molecule has 3 heterocycles. The first kappa shape index (κ1) is 16.9. The molecule has 0 radical (unpaired) electrons. The van der Waals surface area contributed by atoms with Crippen LogP contribution in [0.5, 0.6) is 0 Å². The van der Waals surface area contributed by atoms with Crippen LogP contribution in [0.25, 0.3) is 0 Å². The summed E-state index contributed by atoms with van der Waals surface area (Å²) in [5.41, 5.74) is 0.573. The third-order valence-corrected chi connectivity index (χ3v) is 6.66. The zero-order valence-electron chi connectivity index (χ0n) is 14.5. The minimum atomic E-state index is -0.656. The Bertz CT molecular complexity index is 662. The number of benzene rings is 1. The minimum absolute atomic E-state index is 0.0479. The maximum absolute atomic E-state index is 12.9. The predicted molar refractivity (Wildman–Crippen MR) is 98.3 cm³/mol. The van der Waals surface area contributed by atoms with E-state index in [9.17, 15) is 9.59 Å². The van der Waals surface area contributed by atoms with Gasteiger partial charge in [0, 0.05) is 31.4 Å². The van der Waals surface area contributed by atoms with Gasteiger partial charge in [0.2, 0.25) is 0 Å². The van der Waals surface area contributed by atoms with Crippen molar-refractivity contribution in [2.24, 2.45) is 0 Å². The fraction of sp³-hybridized carbons (Fsp3) is 0.556. The Morgan fingerprint density at radius 3 is 2.76 bits per heavy atom. The second kappa shape index (κ2) is 6.63. The highest BCUT2D eigenvalue weighted by atomic mass is 32.2. The number of hydrogen-bond donors (Lipinski definition) is 1. The van der Waals surface area contributed by atoms with E-state index in [1.807, 2.05) is 18.2 Å². The van der Waals surface area contributed by atoms with E-state index in [1.54, 1.807) is 11.8 Å². The number of nitrogens with one attached hydrogen (secondary N) is 1. The van der Waals surface area contributed by atoms with Crippen molar-refractivity contribution in [2.75, 3.05) is 44.9 Å². The van der Waals surface area contributed by atoms with Crippen molar-refractivity contribution in [3.05, 3.63) is 35.9 Å². The van der Waals surface area contributed by atoms with Gasteiger partial charge in [0.1, 0.15) is 5.54 Å². The Kier molecular flexibility index (Phi) is 4.47. The van der Waals surface area contributed by atoms with Crippen molar-refractivity contribution < 1.29 is 9.59 Å². The molecule has 2 unspecified atom stereocenters. The Morgan fingerprint density at radius 1 is 1.24 bits per heavy atom. The number of piperazine rings is 1. The zero-order valence-corrected chi connectivity index (χ0v) is 15.3. The van der Waals surface area contributed by atoms with Gasteiger partial charge in [-0.3, -0.25) is 9.69 Å². The van der Waals surface area contributed by atoms with Crippen LogP contribution in [0.4, 0.5) is 4.79 Å². The standard InChI is InChI=1S/C18H24N4O2S/c1-20-8-9-21(15(11-20)14-5-3-2-4-6-14)13-22-16(23)18(19-17(22)24)7-10-25-12-18/h2-6,15H,7-13H2,1H3,(H,19,24). The molecular formula is C18H24N4O2S. The molecule has 3 aliphatic heterocycles. The first-order valence-electron chi connectivity index (χ1n) is 8.78. The lowest BCUT2D eigenvalue weighted by Gasteiger charge is -2.41. The smallest absolute Gasteiger partial charge is 0.322 e. The number of urea groups is 1.